The highest BCUT2D eigenvalue weighted by atomic mass is 16.3. The van der Waals surface area contributed by atoms with Gasteiger partial charge in [0, 0.05) is 22.0 Å². The van der Waals surface area contributed by atoms with E-state index in [-0.39, 0.29) is 0 Å². The van der Waals surface area contributed by atoms with Gasteiger partial charge in [-0.05, 0) is 53.1 Å². The Labute approximate surface area is 186 Å². The minimum absolute atomic E-state index is 0.291. The molecule has 0 atom stereocenters. The van der Waals surface area contributed by atoms with Crippen LogP contribution in [-0.2, 0) is 0 Å². The molecule has 2 nitrogen and oxygen atoms in total. The van der Waals surface area contributed by atoms with Crippen molar-refractivity contribution in [3.63, 3.8) is 0 Å². The summed E-state index contributed by atoms with van der Waals surface area (Å²) in [5, 5.41) is 12.8. The molecule has 0 aliphatic carbocycles. The molecule has 6 rings (SSSR count). The molecule has 1 heterocycles. The minimum Gasteiger partial charge on any atom is -0.507 e. The molecule has 0 saturated heterocycles. The van der Waals surface area contributed by atoms with Gasteiger partial charge in [0.05, 0.1) is 11.0 Å². The maximum Gasteiger partial charge on any atom is 0.123 e. The summed E-state index contributed by atoms with van der Waals surface area (Å²) in [6.07, 6.45) is 0. The number of phenols is 1. The van der Waals surface area contributed by atoms with Gasteiger partial charge in [0.25, 0.3) is 0 Å². The standard InChI is InChI=1S/C30H21NO/c32-30-16-7-5-13-25(30)23-11-8-12-24(19-23)31-28-15-6-4-14-26(28)27-20-22(17-18-29(27)31)21-9-2-1-3-10-21/h1-20,32H. The van der Waals surface area contributed by atoms with Gasteiger partial charge in [0.1, 0.15) is 5.75 Å². The van der Waals surface area contributed by atoms with Crippen molar-refractivity contribution in [3.8, 4) is 33.7 Å². The van der Waals surface area contributed by atoms with E-state index >= 15 is 0 Å². The Balaban J connectivity index is 1.60. The summed E-state index contributed by atoms with van der Waals surface area (Å²) in [6, 6.07) is 41.6. The number of para-hydroxylation sites is 2. The zero-order valence-corrected chi connectivity index (χ0v) is 17.4. The minimum atomic E-state index is 0.291. The third-order valence-electron chi connectivity index (χ3n) is 6.10. The molecule has 1 aromatic heterocycles. The number of aromatic nitrogens is 1. The highest BCUT2D eigenvalue weighted by molar-refractivity contribution is 6.10. The highest BCUT2D eigenvalue weighted by Crippen LogP contribution is 2.36. The van der Waals surface area contributed by atoms with Crippen LogP contribution in [0.1, 0.15) is 0 Å². The van der Waals surface area contributed by atoms with E-state index in [1.54, 1.807) is 6.07 Å². The lowest BCUT2D eigenvalue weighted by Crippen LogP contribution is -1.94. The van der Waals surface area contributed by atoms with E-state index in [2.05, 4.69) is 89.5 Å². The smallest absolute Gasteiger partial charge is 0.123 e. The molecule has 1 N–H and O–H groups in total. The average Bonchev–Trinajstić information content (AvgIpc) is 3.19. The van der Waals surface area contributed by atoms with Crippen LogP contribution in [0.25, 0.3) is 49.7 Å². The number of nitrogens with zero attached hydrogens (tertiary/aromatic N) is 1. The van der Waals surface area contributed by atoms with Crippen molar-refractivity contribution in [3.05, 3.63) is 121 Å². The Hall–Kier alpha value is -4.30. The highest BCUT2D eigenvalue weighted by Gasteiger charge is 2.14. The second kappa shape index (κ2) is 7.44. The lowest BCUT2D eigenvalue weighted by Gasteiger charge is -2.11. The molecular weight excluding hydrogens is 390 g/mol. The molecule has 0 spiro atoms. The van der Waals surface area contributed by atoms with Crippen molar-refractivity contribution in [2.75, 3.05) is 0 Å². The fraction of sp³-hybridized carbons (Fsp3) is 0. The van der Waals surface area contributed by atoms with E-state index in [0.717, 1.165) is 16.8 Å². The lowest BCUT2D eigenvalue weighted by molar-refractivity contribution is 0.477. The van der Waals surface area contributed by atoms with Crippen molar-refractivity contribution in [1.29, 1.82) is 0 Å². The topological polar surface area (TPSA) is 25.2 Å². The van der Waals surface area contributed by atoms with Crippen LogP contribution in [0.5, 0.6) is 5.75 Å². The van der Waals surface area contributed by atoms with Gasteiger partial charge in [0.2, 0.25) is 0 Å². The van der Waals surface area contributed by atoms with E-state index in [1.807, 2.05) is 30.3 Å². The summed E-state index contributed by atoms with van der Waals surface area (Å²) < 4.78 is 2.31. The van der Waals surface area contributed by atoms with Gasteiger partial charge in [0.15, 0.2) is 0 Å². The van der Waals surface area contributed by atoms with Crippen LogP contribution in [0.15, 0.2) is 121 Å². The maximum atomic E-state index is 10.4. The van der Waals surface area contributed by atoms with Gasteiger partial charge < -0.3 is 9.67 Å². The van der Waals surface area contributed by atoms with Crippen LogP contribution in [0, 0.1) is 0 Å². The number of aromatic hydroxyl groups is 1. The summed E-state index contributed by atoms with van der Waals surface area (Å²) in [6.45, 7) is 0. The number of fused-ring (bicyclic) bond motifs is 3. The monoisotopic (exact) mass is 411 g/mol. The molecule has 2 heteroatoms. The van der Waals surface area contributed by atoms with Crippen LogP contribution < -0.4 is 0 Å². The fourth-order valence-electron chi connectivity index (χ4n) is 4.59. The normalized spacial score (nSPS) is 11.2. The number of rotatable bonds is 3. The van der Waals surface area contributed by atoms with Crippen molar-refractivity contribution in [2.24, 2.45) is 0 Å². The van der Waals surface area contributed by atoms with Crippen LogP contribution in [-0.4, -0.2) is 9.67 Å². The van der Waals surface area contributed by atoms with E-state index < -0.39 is 0 Å². The quantitative estimate of drug-likeness (QED) is 0.315. The van der Waals surface area contributed by atoms with E-state index in [1.165, 1.54) is 32.9 Å². The Bertz CT molecular complexity index is 1580. The van der Waals surface area contributed by atoms with Crippen molar-refractivity contribution < 1.29 is 5.11 Å². The lowest BCUT2D eigenvalue weighted by atomic mass is 10.0. The largest absolute Gasteiger partial charge is 0.507 e. The van der Waals surface area contributed by atoms with E-state index in [0.29, 0.717) is 5.75 Å². The number of benzene rings is 5. The van der Waals surface area contributed by atoms with Gasteiger partial charge in [-0.2, -0.15) is 0 Å². The molecule has 152 valence electrons. The summed E-state index contributed by atoms with van der Waals surface area (Å²) in [5.41, 5.74) is 7.66. The van der Waals surface area contributed by atoms with Gasteiger partial charge in [-0.3, -0.25) is 0 Å². The molecule has 6 aromatic rings. The third kappa shape index (κ3) is 2.97. The van der Waals surface area contributed by atoms with Crippen LogP contribution >= 0.6 is 0 Å². The molecule has 0 fully saturated rings. The summed E-state index contributed by atoms with van der Waals surface area (Å²) in [5.74, 6) is 0.291. The molecule has 0 saturated carbocycles. The predicted molar refractivity (Wildman–Crippen MR) is 133 cm³/mol. The summed E-state index contributed by atoms with van der Waals surface area (Å²) >= 11 is 0. The number of hydrogen-bond acceptors (Lipinski definition) is 1. The van der Waals surface area contributed by atoms with Crippen LogP contribution in [0.4, 0.5) is 0 Å². The first-order valence-electron chi connectivity index (χ1n) is 10.8. The predicted octanol–water partition coefficient (Wildman–Crippen LogP) is 7.82. The molecule has 0 bridgehead atoms. The molecule has 0 aliphatic heterocycles. The molecule has 0 radical (unpaired) electrons. The molecule has 5 aromatic carbocycles. The molecular formula is C30H21NO. The molecule has 0 aliphatic rings. The van der Waals surface area contributed by atoms with Gasteiger partial charge in [-0.25, -0.2) is 0 Å². The van der Waals surface area contributed by atoms with Gasteiger partial charge in [-0.15, -0.1) is 0 Å². The molecule has 0 amide bonds. The zero-order valence-electron chi connectivity index (χ0n) is 17.4. The Morgan fingerprint density at radius 3 is 2.06 bits per heavy atom. The van der Waals surface area contributed by atoms with Crippen molar-refractivity contribution in [1.82, 2.24) is 4.57 Å². The molecule has 0 unspecified atom stereocenters. The number of phenolic OH excluding ortho intramolecular Hbond substituents is 1. The van der Waals surface area contributed by atoms with Crippen LogP contribution in [0.2, 0.25) is 0 Å². The van der Waals surface area contributed by atoms with E-state index in [9.17, 15) is 5.11 Å². The fourth-order valence-corrected chi connectivity index (χ4v) is 4.59. The first-order valence-corrected chi connectivity index (χ1v) is 10.8. The molecule has 32 heavy (non-hydrogen) atoms. The maximum absolute atomic E-state index is 10.4. The number of hydrogen-bond donors (Lipinski definition) is 1. The second-order valence-electron chi connectivity index (χ2n) is 8.02. The third-order valence-corrected chi connectivity index (χ3v) is 6.10. The Kier molecular flexibility index (Phi) is 4.29. The Morgan fingerprint density at radius 2 is 1.19 bits per heavy atom. The van der Waals surface area contributed by atoms with Crippen molar-refractivity contribution >= 4 is 21.8 Å². The van der Waals surface area contributed by atoms with E-state index in [4.69, 9.17) is 0 Å². The van der Waals surface area contributed by atoms with Crippen LogP contribution in [0.3, 0.4) is 0 Å². The van der Waals surface area contributed by atoms with Gasteiger partial charge in [-0.1, -0.05) is 84.9 Å². The first kappa shape index (κ1) is 18.5. The summed E-state index contributed by atoms with van der Waals surface area (Å²) in [4.78, 5) is 0. The summed E-state index contributed by atoms with van der Waals surface area (Å²) in [7, 11) is 0. The Morgan fingerprint density at radius 1 is 0.469 bits per heavy atom. The SMILES string of the molecule is Oc1ccccc1-c1cccc(-n2c3ccccc3c3cc(-c4ccccc4)ccc32)c1. The van der Waals surface area contributed by atoms with Crippen molar-refractivity contribution in [2.45, 2.75) is 0 Å². The van der Waals surface area contributed by atoms with Gasteiger partial charge >= 0.3 is 0 Å². The first-order chi connectivity index (χ1) is 15.8. The second-order valence-corrected chi connectivity index (χ2v) is 8.02. The zero-order chi connectivity index (χ0) is 21.5. The average molecular weight is 412 g/mol.